The summed E-state index contributed by atoms with van der Waals surface area (Å²) >= 11 is 1.51. The molecule has 2 aromatic heterocycles. The van der Waals surface area contributed by atoms with E-state index in [-0.39, 0.29) is 24.8 Å². The summed E-state index contributed by atoms with van der Waals surface area (Å²) in [6, 6.07) is 6.81. The predicted octanol–water partition coefficient (Wildman–Crippen LogP) is 3.84. The number of carbonyl (C=O) groups excluding carboxylic acids is 1. The molecule has 31 heavy (non-hydrogen) atoms. The van der Waals surface area contributed by atoms with Gasteiger partial charge in [-0.3, -0.25) is 9.78 Å². The first-order valence-corrected chi connectivity index (χ1v) is 11.1. The molecular weight excluding hydrogens is 420 g/mol. The molecule has 0 saturated carbocycles. The van der Waals surface area contributed by atoms with Crippen LogP contribution in [0.2, 0.25) is 0 Å². The Labute approximate surface area is 183 Å². The van der Waals surface area contributed by atoms with Crippen molar-refractivity contribution < 1.29 is 13.6 Å². The highest BCUT2D eigenvalue weighted by molar-refractivity contribution is 7.14. The van der Waals surface area contributed by atoms with E-state index in [1.807, 2.05) is 45.0 Å². The van der Waals surface area contributed by atoms with E-state index in [9.17, 15) is 13.6 Å². The smallest absolute Gasteiger partial charge is 0.280 e. The minimum atomic E-state index is -2.95. The Morgan fingerprint density at radius 2 is 2.10 bits per heavy atom. The molecule has 1 amide bonds. The van der Waals surface area contributed by atoms with Gasteiger partial charge in [0, 0.05) is 29.7 Å². The van der Waals surface area contributed by atoms with Crippen molar-refractivity contribution in [1.29, 1.82) is 0 Å². The summed E-state index contributed by atoms with van der Waals surface area (Å²) in [6.07, 6.45) is 1.93. The molecule has 1 unspecified atom stereocenters. The Hall–Kier alpha value is -2.52. The summed E-state index contributed by atoms with van der Waals surface area (Å²) < 4.78 is 29.0. The van der Waals surface area contributed by atoms with Crippen LogP contribution in [0.3, 0.4) is 0 Å². The number of hydrogen-bond donors (Lipinski definition) is 1. The van der Waals surface area contributed by atoms with Crippen molar-refractivity contribution in [3.05, 3.63) is 41.2 Å². The van der Waals surface area contributed by atoms with Crippen LogP contribution >= 0.6 is 11.3 Å². The lowest BCUT2D eigenvalue weighted by Crippen LogP contribution is -2.59. The molecule has 164 valence electrons. The van der Waals surface area contributed by atoms with Gasteiger partial charge in [-0.1, -0.05) is 37.3 Å². The van der Waals surface area contributed by atoms with Crippen molar-refractivity contribution in [2.75, 3.05) is 13.1 Å². The number of aromatic nitrogens is 3. The Morgan fingerprint density at radius 3 is 2.77 bits per heavy atom. The van der Waals surface area contributed by atoms with E-state index in [0.717, 1.165) is 26.4 Å². The molecule has 0 bridgehead atoms. The van der Waals surface area contributed by atoms with E-state index < -0.39 is 18.5 Å². The number of fused-ring (bicyclic) bond motifs is 1. The Morgan fingerprint density at radius 1 is 1.29 bits per heavy atom. The molecule has 3 aromatic rings. The van der Waals surface area contributed by atoms with Crippen LogP contribution in [0.25, 0.3) is 21.3 Å². The summed E-state index contributed by atoms with van der Waals surface area (Å²) in [5, 5.41) is 14.7. The van der Waals surface area contributed by atoms with Crippen molar-refractivity contribution in [2.45, 2.75) is 51.6 Å². The molecule has 1 aliphatic heterocycles. The lowest BCUT2D eigenvalue weighted by atomic mass is 9.99. The molecule has 1 saturated heterocycles. The molecule has 0 aliphatic carbocycles. The number of benzene rings is 1. The summed E-state index contributed by atoms with van der Waals surface area (Å²) in [5.41, 5.74) is 1.51. The molecular formula is C22H25F2N5OS. The zero-order valence-corrected chi connectivity index (χ0v) is 18.5. The highest BCUT2D eigenvalue weighted by Gasteiger charge is 2.45. The van der Waals surface area contributed by atoms with Crippen LogP contribution in [-0.2, 0) is 11.2 Å². The zero-order valence-electron chi connectivity index (χ0n) is 17.7. The number of carbonyl (C=O) groups is 1. The molecule has 1 N–H and O–H groups in total. The molecule has 6 nitrogen and oxygen atoms in total. The molecule has 0 radical (unpaired) electrons. The second-order valence-electron chi connectivity index (χ2n) is 8.28. The molecule has 3 heterocycles. The molecule has 1 aromatic carbocycles. The minimum Gasteiger partial charge on any atom is -0.336 e. The van der Waals surface area contributed by atoms with Gasteiger partial charge in [0.25, 0.3) is 5.92 Å². The lowest BCUT2D eigenvalue weighted by Gasteiger charge is -2.39. The van der Waals surface area contributed by atoms with Gasteiger partial charge in [-0.25, -0.2) is 8.78 Å². The van der Waals surface area contributed by atoms with Gasteiger partial charge >= 0.3 is 0 Å². The maximum atomic E-state index is 14.5. The highest BCUT2D eigenvalue weighted by Crippen LogP contribution is 2.29. The van der Waals surface area contributed by atoms with E-state index in [2.05, 4.69) is 20.5 Å². The van der Waals surface area contributed by atoms with Crippen LogP contribution in [0.15, 0.2) is 30.5 Å². The van der Waals surface area contributed by atoms with Crippen LogP contribution < -0.4 is 5.32 Å². The van der Waals surface area contributed by atoms with Gasteiger partial charge in [0.2, 0.25) is 5.91 Å². The first kappa shape index (κ1) is 21.7. The third-order valence-electron chi connectivity index (χ3n) is 5.37. The summed E-state index contributed by atoms with van der Waals surface area (Å²) in [4.78, 5) is 18.3. The van der Waals surface area contributed by atoms with E-state index in [0.29, 0.717) is 12.2 Å². The molecule has 1 fully saturated rings. The predicted molar refractivity (Wildman–Crippen MR) is 117 cm³/mol. The van der Waals surface area contributed by atoms with Crippen molar-refractivity contribution in [3.63, 3.8) is 0 Å². The van der Waals surface area contributed by atoms with Crippen LogP contribution in [0.1, 0.15) is 31.0 Å². The average Bonchev–Trinajstić information content (AvgIpc) is 3.15. The number of piperidine rings is 1. The molecule has 1 atom stereocenters. The van der Waals surface area contributed by atoms with E-state index in [4.69, 9.17) is 0 Å². The fourth-order valence-electron chi connectivity index (χ4n) is 3.86. The van der Waals surface area contributed by atoms with Crippen molar-refractivity contribution in [2.24, 2.45) is 0 Å². The molecule has 9 heteroatoms. The van der Waals surface area contributed by atoms with Gasteiger partial charge in [0.1, 0.15) is 10.0 Å². The molecule has 0 spiro atoms. The fraction of sp³-hybridized carbons (Fsp3) is 0.455. The van der Waals surface area contributed by atoms with Crippen LogP contribution in [-0.4, -0.2) is 57.1 Å². The van der Waals surface area contributed by atoms with Crippen LogP contribution in [0.4, 0.5) is 8.78 Å². The number of halogens is 2. The molecule has 1 aliphatic rings. The van der Waals surface area contributed by atoms with E-state index >= 15 is 0 Å². The number of pyridine rings is 1. The number of aryl methyl sites for hydroxylation is 1. The summed E-state index contributed by atoms with van der Waals surface area (Å²) in [7, 11) is 0. The SMILES string of the molecule is Cc1nnc(-c2ccc3cnc(CC(=O)N4CCC(NC(C)C)C(F)(F)C4)cc3c2)s1. The van der Waals surface area contributed by atoms with Crippen molar-refractivity contribution >= 4 is 28.0 Å². The normalized spacial score (nSPS) is 18.6. The fourth-order valence-corrected chi connectivity index (χ4v) is 4.54. The lowest BCUT2D eigenvalue weighted by molar-refractivity contribution is -0.145. The quantitative estimate of drug-likeness (QED) is 0.646. The van der Waals surface area contributed by atoms with Gasteiger partial charge in [-0.2, -0.15) is 0 Å². The standard InChI is InChI=1S/C22H25F2N5OS/c1-13(2)26-19-6-7-29(12-22(19,23)24)20(30)10-18-9-17-8-15(4-5-16(17)11-25-18)21-28-27-14(3)31-21/h4-5,8-9,11,13,19,26H,6-7,10,12H2,1-3H3. The zero-order chi connectivity index (χ0) is 22.2. The number of nitrogens with one attached hydrogen (secondary N) is 1. The Kier molecular flexibility index (Phi) is 5.98. The second-order valence-corrected chi connectivity index (χ2v) is 9.46. The maximum absolute atomic E-state index is 14.5. The first-order valence-electron chi connectivity index (χ1n) is 10.3. The van der Waals surface area contributed by atoms with Crippen molar-refractivity contribution in [1.82, 2.24) is 25.4 Å². The van der Waals surface area contributed by atoms with Crippen molar-refractivity contribution in [3.8, 4) is 10.6 Å². The maximum Gasteiger partial charge on any atom is 0.280 e. The number of rotatable bonds is 5. The molecule has 4 rings (SSSR count). The number of likely N-dealkylation sites (tertiary alicyclic amines) is 1. The topological polar surface area (TPSA) is 71.0 Å². The monoisotopic (exact) mass is 445 g/mol. The number of alkyl halides is 2. The van der Waals surface area contributed by atoms with Gasteiger partial charge in [0.05, 0.1) is 24.7 Å². The number of amides is 1. The highest BCUT2D eigenvalue weighted by atomic mass is 32.1. The average molecular weight is 446 g/mol. The third kappa shape index (κ3) is 4.88. The second kappa shape index (κ2) is 8.55. The van der Waals surface area contributed by atoms with Gasteiger partial charge in [0.15, 0.2) is 0 Å². The summed E-state index contributed by atoms with van der Waals surface area (Å²) in [6.45, 7) is 5.34. The largest absolute Gasteiger partial charge is 0.336 e. The van der Waals surface area contributed by atoms with Crippen LogP contribution in [0, 0.1) is 6.92 Å². The minimum absolute atomic E-state index is 0.00353. The van der Waals surface area contributed by atoms with Gasteiger partial charge in [-0.15, -0.1) is 10.2 Å². The van der Waals surface area contributed by atoms with E-state index in [1.54, 1.807) is 6.20 Å². The first-order chi connectivity index (χ1) is 14.7. The Balaban J connectivity index is 1.48. The van der Waals surface area contributed by atoms with Gasteiger partial charge in [-0.05, 0) is 30.9 Å². The van der Waals surface area contributed by atoms with Crippen LogP contribution in [0.5, 0.6) is 0 Å². The Bertz CT molecular complexity index is 1100. The number of nitrogens with zero attached hydrogens (tertiary/aromatic N) is 4. The number of hydrogen-bond acceptors (Lipinski definition) is 6. The van der Waals surface area contributed by atoms with E-state index in [1.165, 1.54) is 16.2 Å². The summed E-state index contributed by atoms with van der Waals surface area (Å²) in [5.74, 6) is -3.28. The third-order valence-corrected chi connectivity index (χ3v) is 6.26. The van der Waals surface area contributed by atoms with Gasteiger partial charge < -0.3 is 10.2 Å².